The second kappa shape index (κ2) is 7.06. The molecule has 0 spiro atoms. The van der Waals surface area contributed by atoms with Gasteiger partial charge < -0.3 is 24.8 Å². The molecule has 0 saturated carbocycles. The van der Waals surface area contributed by atoms with E-state index in [0.29, 0.717) is 0 Å². The summed E-state index contributed by atoms with van der Waals surface area (Å²) in [6.45, 7) is 1.39. The lowest BCUT2D eigenvalue weighted by molar-refractivity contribution is -0.0650. The second-order valence-electron chi connectivity index (χ2n) is 5.26. The molecule has 2 aromatic heterocycles. The first kappa shape index (κ1) is 17.8. The van der Waals surface area contributed by atoms with Gasteiger partial charge in [-0.1, -0.05) is 11.6 Å². The zero-order valence-electron chi connectivity index (χ0n) is 13.0. The average Bonchev–Trinajstić information content (AvgIpc) is 3.10. The van der Waals surface area contributed by atoms with Crippen LogP contribution in [0.25, 0.3) is 11.2 Å². The quantitative estimate of drug-likeness (QED) is 0.563. The SMILES string of the molecule is CCOC(=O)Nc1cc(Cl)c2nn([C@@H]3O[C@H](CO)[C@@H](O)[C@H]3O)nc2n1. The summed E-state index contributed by atoms with van der Waals surface area (Å²) in [5.41, 5.74) is 0.311. The number of amides is 1. The van der Waals surface area contributed by atoms with E-state index in [1.54, 1.807) is 6.92 Å². The van der Waals surface area contributed by atoms with Crippen molar-refractivity contribution in [1.82, 2.24) is 20.0 Å². The molecule has 1 aliphatic heterocycles. The number of rotatable bonds is 4. The highest BCUT2D eigenvalue weighted by atomic mass is 35.5. The molecule has 0 unspecified atom stereocenters. The number of aliphatic hydroxyl groups is 3. The fourth-order valence-corrected chi connectivity index (χ4v) is 2.62. The normalized spacial score (nSPS) is 26.1. The summed E-state index contributed by atoms with van der Waals surface area (Å²) in [7, 11) is 0. The van der Waals surface area contributed by atoms with Gasteiger partial charge in [0.25, 0.3) is 0 Å². The summed E-state index contributed by atoms with van der Waals surface area (Å²) in [5, 5.41) is 39.7. The van der Waals surface area contributed by atoms with Gasteiger partial charge in [0, 0.05) is 6.07 Å². The van der Waals surface area contributed by atoms with E-state index in [0.717, 1.165) is 4.80 Å². The molecule has 25 heavy (non-hydrogen) atoms. The zero-order valence-corrected chi connectivity index (χ0v) is 13.8. The van der Waals surface area contributed by atoms with Crippen molar-refractivity contribution < 1.29 is 29.6 Å². The summed E-state index contributed by atoms with van der Waals surface area (Å²) in [6.07, 6.45) is -5.39. The number of pyridine rings is 1. The molecule has 1 amide bonds. The molecule has 4 N–H and O–H groups in total. The minimum absolute atomic E-state index is 0.0945. The van der Waals surface area contributed by atoms with Crippen molar-refractivity contribution >= 4 is 34.7 Å². The number of nitrogens with one attached hydrogen (secondary N) is 1. The largest absolute Gasteiger partial charge is 0.450 e. The first-order valence-electron chi connectivity index (χ1n) is 7.44. The van der Waals surface area contributed by atoms with Crippen LogP contribution in [0, 0.1) is 0 Å². The van der Waals surface area contributed by atoms with E-state index in [1.807, 2.05) is 0 Å². The van der Waals surface area contributed by atoms with Gasteiger partial charge in [-0.05, 0) is 6.92 Å². The standard InChI is InChI=1S/C13H16ClN5O6/c1-2-24-13(23)16-7-3-5(14)8-11(15-7)18-19(17-8)12-10(22)9(21)6(4-20)25-12/h3,6,9-10,12,20-22H,2,4H2,1H3,(H,15,16,18,23)/t6-,9-,10-,12-/m1/s1. The first-order chi connectivity index (χ1) is 11.9. The molecule has 1 fully saturated rings. The van der Waals surface area contributed by atoms with Gasteiger partial charge in [-0.2, -0.15) is 0 Å². The fourth-order valence-electron chi connectivity index (χ4n) is 2.40. The summed E-state index contributed by atoms with van der Waals surface area (Å²) < 4.78 is 10.1. The highest BCUT2D eigenvalue weighted by molar-refractivity contribution is 6.35. The van der Waals surface area contributed by atoms with Gasteiger partial charge in [-0.25, -0.2) is 9.78 Å². The number of nitrogens with zero attached hydrogens (tertiary/aromatic N) is 4. The van der Waals surface area contributed by atoms with Crippen LogP contribution in [0.4, 0.5) is 10.6 Å². The summed E-state index contributed by atoms with van der Waals surface area (Å²) in [5.74, 6) is 0.115. The number of hydrogen-bond acceptors (Lipinski definition) is 9. The van der Waals surface area contributed by atoms with Crippen LogP contribution in [0.1, 0.15) is 13.2 Å². The van der Waals surface area contributed by atoms with Crippen LogP contribution in [0.3, 0.4) is 0 Å². The van der Waals surface area contributed by atoms with Crippen LogP contribution in [0.15, 0.2) is 6.07 Å². The number of fused-ring (bicyclic) bond motifs is 1. The van der Waals surface area contributed by atoms with E-state index in [1.165, 1.54) is 6.07 Å². The van der Waals surface area contributed by atoms with E-state index in [2.05, 4.69) is 20.5 Å². The van der Waals surface area contributed by atoms with Gasteiger partial charge in [0.05, 0.1) is 18.2 Å². The van der Waals surface area contributed by atoms with E-state index >= 15 is 0 Å². The molecule has 1 aliphatic rings. The molecule has 12 heteroatoms. The molecule has 136 valence electrons. The summed E-state index contributed by atoms with van der Waals surface area (Å²) in [6, 6.07) is 1.37. The lowest BCUT2D eigenvalue weighted by atomic mass is 10.1. The predicted octanol–water partition coefficient (Wildman–Crippen LogP) is -0.340. The number of aliphatic hydroxyl groups excluding tert-OH is 3. The average molecular weight is 374 g/mol. The molecule has 4 atom stereocenters. The number of hydrogen-bond donors (Lipinski definition) is 4. The molecular formula is C13H16ClN5O6. The maximum Gasteiger partial charge on any atom is 0.412 e. The summed E-state index contributed by atoms with van der Waals surface area (Å²) >= 11 is 6.12. The number of anilines is 1. The van der Waals surface area contributed by atoms with Gasteiger partial charge in [0.2, 0.25) is 5.65 Å². The number of aromatic nitrogens is 4. The Morgan fingerprint density at radius 2 is 2.20 bits per heavy atom. The Hall–Kier alpha value is -2.05. The lowest BCUT2D eigenvalue weighted by Gasteiger charge is -2.12. The molecule has 11 nitrogen and oxygen atoms in total. The Balaban J connectivity index is 1.90. The van der Waals surface area contributed by atoms with Gasteiger partial charge in [-0.3, -0.25) is 5.32 Å². The molecule has 3 rings (SSSR count). The van der Waals surface area contributed by atoms with E-state index in [-0.39, 0.29) is 28.6 Å². The molecule has 2 aromatic rings. The maximum atomic E-state index is 11.5. The Morgan fingerprint density at radius 3 is 2.84 bits per heavy atom. The first-order valence-corrected chi connectivity index (χ1v) is 7.81. The van der Waals surface area contributed by atoms with Crippen LogP contribution in [-0.2, 0) is 9.47 Å². The Bertz CT molecular complexity index is 786. The van der Waals surface area contributed by atoms with Crippen LogP contribution >= 0.6 is 11.6 Å². The molecule has 3 heterocycles. The van der Waals surface area contributed by atoms with Gasteiger partial charge in [-0.15, -0.1) is 15.0 Å². The van der Waals surface area contributed by atoms with E-state index in [4.69, 9.17) is 26.2 Å². The van der Waals surface area contributed by atoms with E-state index in [9.17, 15) is 15.0 Å². The summed E-state index contributed by atoms with van der Waals surface area (Å²) in [4.78, 5) is 16.6. The molecule has 0 bridgehead atoms. The number of carbonyl (C=O) groups is 1. The van der Waals surface area contributed by atoms with Crippen LogP contribution in [0.2, 0.25) is 5.02 Å². The topological polar surface area (TPSA) is 152 Å². The minimum atomic E-state index is -1.34. The van der Waals surface area contributed by atoms with Gasteiger partial charge in [0.15, 0.2) is 11.7 Å². The van der Waals surface area contributed by atoms with Crippen LogP contribution in [-0.4, -0.2) is 72.9 Å². The molecule has 0 radical (unpaired) electrons. The smallest absolute Gasteiger partial charge is 0.412 e. The van der Waals surface area contributed by atoms with Gasteiger partial charge >= 0.3 is 6.09 Å². The van der Waals surface area contributed by atoms with Crippen LogP contribution in [0.5, 0.6) is 0 Å². The molecule has 1 saturated heterocycles. The van der Waals surface area contributed by atoms with Crippen molar-refractivity contribution in [2.45, 2.75) is 31.5 Å². The zero-order chi connectivity index (χ0) is 18.1. The van der Waals surface area contributed by atoms with Crippen molar-refractivity contribution in [2.75, 3.05) is 18.5 Å². The third-order valence-electron chi connectivity index (χ3n) is 3.58. The van der Waals surface area contributed by atoms with Crippen molar-refractivity contribution in [2.24, 2.45) is 0 Å². The van der Waals surface area contributed by atoms with Gasteiger partial charge in [0.1, 0.15) is 24.1 Å². The highest BCUT2D eigenvalue weighted by Crippen LogP contribution is 2.30. The minimum Gasteiger partial charge on any atom is -0.450 e. The van der Waals surface area contributed by atoms with E-state index < -0.39 is 37.2 Å². The van der Waals surface area contributed by atoms with Crippen molar-refractivity contribution in [3.05, 3.63) is 11.1 Å². The third kappa shape index (κ3) is 3.37. The Kier molecular flexibility index (Phi) is 5.01. The van der Waals surface area contributed by atoms with Crippen molar-refractivity contribution in [3.8, 4) is 0 Å². The Morgan fingerprint density at radius 1 is 1.44 bits per heavy atom. The Labute approximate surface area is 146 Å². The number of carbonyl (C=O) groups excluding carboxylic acids is 1. The van der Waals surface area contributed by atoms with Crippen molar-refractivity contribution in [3.63, 3.8) is 0 Å². The monoisotopic (exact) mass is 373 g/mol. The maximum absolute atomic E-state index is 11.5. The fraction of sp³-hybridized carbons (Fsp3) is 0.538. The van der Waals surface area contributed by atoms with Crippen molar-refractivity contribution in [1.29, 1.82) is 0 Å². The third-order valence-corrected chi connectivity index (χ3v) is 3.87. The molecule has 0 aromatic carbocycles. The van der Waals surface area contributed by atoms with Crippen LogP contribution < -0.4 is 5.32 Å². The predicted molar refractivity (Wildman–Crippen MR) is 84.0 cm³/mol. The number of ether oxygens (including phenoxy) is 2. The molecular weight excluding hydrogens is 358 g/mol. The lowest BCUT2D eigenvalue weighted by Crippen LogP contribution is -2.33. The number of halogens is 1. The molecule has 0 aliphatic carbocycles. The second-order valence-corrected chi connectivity index (χ2v) is 5.66. The highest BCUT2D eigenvalue weighted by Gasteiger charge is 2.44.